The Kier molecular flexibility index (Phi) is 4.52. The number of esters is 1. The van der Waals surface area contributed by atoms with Crippen LogP contribution in [0.1, 0.15) is 26.0 Å². The molecule has 0 aliphatic carbocycles. The molecule has 0 unspecified atom stereocenters. The van der Waals surface area contributed by atoms with E-state index < -0.39 is 4.92 Å². The van der Waals surface area contributed by atoms with E-state index in [1.165, 1.54) is 12.1 Å². The van der Waals surface area contributed by atoms with Crippen molar-refractivity contribution in [3.05, 3.63) is 69.7 Å². The van der Waals surface area contributed by atoms with Crippen LogP contribution in [0, 0.1) is 16.0 Å². The van der Waals surface area contributed by atoms with Crippen molar-refractivity contribution in [3.63, 3.8) is 0 Å². The summed E-state index contributed by atoms with van der Waals surface area (Å²) in [6.45, 7) is 4.11. The van der Waals surface area contributed by atoms with Crippen LogP contribution in [0.25, 0.3) is 17.4 Å². The van der Waals surface area contributed by atoms with Crippen molar-refractivity contribution in [2.75, 3.05) is 0 Å². The van der Waals surface area contributed by atoms with E-state index >= 15 is 0 Å². The predicted octanol–water partition coefficient (Wildman–Crippen LogP) is 4.73. The lowest BCUT2D eigenvalue weighted by Gasteiger charge is -2.03. The van der Waals surface area contributed by atoms with Crippen molar-refractivity contribution in [1.82, 2.24) is 0 Å². The van der Waals surface area contributed by atoms with Gasteiger partial charge in [0, 0.05) is 24.1 Å². The number of furan rings is 1. The van der Waals surface area contributed by atoms with E-state index in [1.807, 2.05) is 0 Å². The van der Waals surface area contributed by atoms with Gasteiger partial charge in [0.25, 0.3) is 5.69 Å². The number of nitro benzene ring substituents is 1. The average Bonchev–Trinajstić information content (AvgIpc) is 3.14. The summed E-state index contributed by atoms with van der Waals surface area (Å²) in [6, 6.07) is 9.59. The first-order valence-corrected chi connectivity index (χ1v) is 7.91. The van der Waals surface area contributed by atoms with Crippen molar-refractivity contribution < 1.29 is 18.9 Å². The number of carbonyl (C=O) groups excluding carboxylic acids is 1. The van der Waals surface area contributed by atoms with Gasteiger partial charge in [0.15, 0.2) is 0 Å². The molecular weight excluding hydrogens is 322 g/mol. The predicted molar refractivity (Wildman–Crippen MR) is 92.4 cm³/mol. The first-order valence-electron chi connectivity index (χ1n) is 7.91. The van der Waals surface area contributed by atoms with Gasteiger partial charge in [0.1, 0.15) is 17.3 Å². The lowest BCUT2D eigenvalue weighted by molar-refractivity contribution is -0.384. The zero-order valence-electron chi connectivity index (χ0n) is 13.9. The van der Waals surface area contributed by atoms with Gasteiger partial charge in [-0.25, -0.2) is 4.79 Å². The van der Waals surface area contributed by atoms with Crippen LogP contribution in [0.4, 0.5) is 5.69 Å². The zero-order valence-corrected chi connectivity index (χ0v) is 13.9. The summed E-state index contributed by atoms with van der Waals surface area (Å²) < 4.78 is 10.9. The molecule has 1 aliphatic rings. The average molecular weight is 339 g/mol. The molecule has 2 aromatic rings. The second-order valence-electron chi connectivity index (χ2n) is 6.20. The number of non-ortho nitro benzene ring substituents is 1. The molecule has 0 radical (unpaired) electrons. The molecule has 1 aromatic carbocycles. The van der Waals surface area contributed by atoms with Gasteiger partial charge in [-0.2, -0.15) is 0 Å². The Morgan fingerprint density at radius 3 is 2.52 bits per heavy atom. The molecule has 1 aromatic heterocycles. The lowest BCUT2D eigenvalue weighted by Crippen LogP contribution is -1.98. The van der Waals surface area contributed by atoms with Crippen LogP contribution in [-0.2, 0) is 9.53 Å². The second kappa shape index (κ2) is 6.76. The van der Waals surface area contributed by atoms with Crippen molar-refractivity contribution in [3.8, 4) is 11.3 Å². The van der Waals surface area contributed by atoms with E-state index in [4.69, 9.17) is 9.15 Å². The molecule has 0 saturated heterocycles. The molecule has 0 amide bonds. The highest BCUT2D eigenvalue weighted by Gasteiger charge is 2.21. The zero-order chi connectivity index (χ0) is 18.0. The molecule has 0 spiro atoms. The van der Waals surface area contributed by atoms with Gasteiger partial charge in [-0.1, -0.05) is 13.8 Å². The molecule has 6 nitrogen and oxygen atoms in total. The number of nitrogens with zero attached hydrogens (tertiary/aromatic N) is 1. The highest BCUT2D eigenvalue weighted by Crippen LogP contribution is 2.28. The third-order valence-electron chi connectivity index (χ3n) is 3.67. The Labute approximate surface area is 144 Å². The van der Waals surface area contributed by atoms with Crippen molar-refractivity contribution in [1.29, 1.82) is 0 Å². The summed E-state index contributed by atoms with van der Waals surface area (Å²) in [4.78, 5) is 22.1. The smallest absolute Gasteiger partial charge is 0.343 e. The van der Waals surface area contributed by atoms with E-state index in [1.54, 1.807) is 36.4 Å². The van der Waals surface area contributed by atoms with Crippen LogP contribution in [0.3, 0.4) is 0 Å². The molecule has 0 saturated carbocycles. The maximum atomic E-state index is 11.9. The molecule has 0 fully saturated rings. The largest absolute Gasteiger partial charge is 0.457 e. The molecule has 0 bridgehead atoms. The first-order chi connectivity index (χ1) is 11.9. The number of allylic oxidation sites excluding steroid dienone is 1. The highest BCUT2D eigenvalue weighted by atomic mass is 16.6. The number of hydrogen-bond acceptors (Lipinski definition) is 5. The summed E-state index contributed by atoms with van der Waals surface area (Å²) in [5.74, 6) is 1.76. The molecule has 0 N–H and O–H groups in total. The molecule has 25 heavy (non-hydrogen) atoms. The van der Waals surface area contributed by atoms with Gasteiger partial charge < -0.3 is 9.15 Å². The monoisotopic (exact) mass is 339 g/mol. The fraction of sp³-hybridized carbons (Fsp3) is 0.211. The van der Waals surface area contributed by atoms with E-state index in [2.05, 4.69) is 13.8 Å². The SMILES string of the molecule is CC(C)CC1=C/C(=C/c2ccc(-c3ccc([N+](=O)[O-])cc3)o2)C(=O)O1. The molecule has 2 heterocycles. The fourth-order valence-corrected chi connectivity index (χ4v) is 2.53. The summed E-state index contributed by atoms with van der Waals surface area (Å²) in [6.07, 6.45) is 4.07. The van der Waals surface area contributed by atoms with Gasteiger partial charge in [0.2, 0.25) is 0 Å². The van der Waals surface area contributed by atoms with Crippen molar-refractivity contribution in [2.45, 2.75) is 20.3 Å². The van der Waals surface area contributed by atoms with Crippen LogP contribution in [0.15, 0.2) is 58.2 Å². The quantitative estimate of drug-likeness (QED) is 0.340. The summed E-state index contributed by atoms with van der Waals surface area (Å²) in [7, 11) is 0. The molecule has 1 aliphatic heterocycles. The number of nitro groups is 1. The third-order valence-corrected chi connectivity index (χ3v) is 3.67. The number of ether oxygens (including phenoxy) is 1. The molecule has 6 heteroatoms. The first kappa shape index (κ1) is 16.7. The Balaban J connectivity index is 1.80. The minimum Gasteiger partial charge on any atom is -0.457 e. The number of rotatable bonds is 5. The Bertz CT molecular complexity index is 871. The minimum absolute atomic E-state index is 0.0224. The Morgan fingerprint density at radius 1 is 1.16 bits per heavy atom. The third kappa shape index (κ3) is 3.85. The van der Waals surface area contributed by atoms with Crippen molar-refractivity contribution in [2.24, 2.45) is 5.92 Å². The number of cyclic esters (lactones) is 1. The van der Waals surface area contributed by atoms with Gasteiger partial charge in [-0.05, 0) is 42.3 Å². The van der Waals surface area contributed by atoms with Crippen LogP contribution in [0.5, 0.6) is 0 Å². The molecule has 0 atom stereocenters. The van der Waals surface area contributed by atoms with Crippen molar-refractivity contribution >= 4 is 17.7 Å². The van der Waals surface area contributed by atoms with E-state index in [9.17, 15) is 14.9 Å². The van der Waals surface area contributed by atoms with Crippen LogP contribution in [-0.4, -0.2) is 10.9 Å². The number of hydrogen-bond donors (Lipinski definition) is 0. The summed E-state index contributed by atoms with van der Waals surface area (Å²) >= 11 is 0. The van der Waals surface area contributed by atoms with Crippen LogP contribution in [0.2, 0.25) is 0 Å². The topological polar surface area (TPSA) is 82.6 Å². The standard InChI is InChI=1S/C19H17NO5/c1-12(2)9-17-11-14(19(21)25-17)10-16-7-8-18(24-16)13-3-5-15(6-4-13)20(22)23/h3-8,10-12H,9H2,1-2H3/b14-10-. The molecule has 128 valence electrons. The van der Waals surface area contributed by atoms with Gasteiger partial charge in [-0.3, -0.25) is 10.1 Å². The normalized spacial score (nSPS) is 15.6. The number of carbonyl (C=O) groups is 1. The minimum atomic E-state index is -0.450. The second-order valence-corrected chi connectivity index (χ2v) is 6.20. The van der Waals surface area contributed by atoms with Crippen LogP contribution >= 0.6 is 0 Å². The van der Waals surface area contributed by atoms with Gasteiger partial charge >= 0.3 is 5.97 Å². The van der Waals surface area contributed by atoms with E-state index in [0.717, 1.165) is 5.56 Å². The Hall–Kier alpha value is -3.15. The van der Waals surface area contributed by atoms with E-state index in [0.29, 0.717) is 35.2 Å². The fourth-order valence-electron chi connectivity index (χ4n) is 2.53. The van der Waals surface area contributed by atoms with Crippen LogP contribution < -0.4 is 0 Å². The van der Waals surface area contributed by atoms with E-state index in [-0.39, 0.29) is 11.7 Å². The summed E-state index contributed by atoms with van der Waals surface area (Å²) in [5, 5.41) is 10.7. The maximum absolute atomic E-state index is 11.9. The maximum Gasteiger partial charge on any atom is 0.343 e. The summed E-state index contributed by atoms with van der Waals surface area (Å²) in [5.41, 5.74) is 1.19. The number of benzene rings is 1. The van der Waals surface area contributed by atoms with Gasteiger partial charge in [-0.15, -0.1) is 0 Å². The highest BCUT2D eigenvalue weighted by molar-refractivity contribution is 5.99. The van der Waals surface area contributed by atoms with Gasteiger partial charge in [0.05, 0.1) is 10.5 Å². The Morgan fingerprint density at radius 2 is 1.88 bits per heavy atom. The molecular formula is C19H17NO5. The molecule has 3 rings (SSSR count). The lowest BCUT2D eigenvalue weighted by atomic mass is 10.1.